The van der Waals surface area contributed by atoms with Gasteiger partial charge in [0.15, 0.2) is 5.69 Å². The van der Waals surface area contributed by atoms with Crippen LogP contribution in [0.4, 0.5) is 4.79 Å². The summed E-state index contributed by atoms with van der Waals surface area (Å²) in [6.45, 7) is 6.04. The van der Waals surface area contributed by atoms with E-state index in [1.807, 2.05) is 0 Å². The zero-order valence-electron chi connectivity index (χ0n) is 12.6. The van der Waals surface area contributed by atoms with Crippen LogP contribution in [-0.2, 0) is 21.9 Å². The third-order valence-corrected chi connectivity index (χ3v) is 2.66. The Kier molecular flexibility index (Phi) is 6.02. The second kappa shape index (κ2) is 7.31. The highest BCUT2D eigenvalue weighted by atomic mass is 35.5. The third-order valence-electron chi connectivity index (χ3n) is 2.39. The third kappa shape index (κ3) is 5.63. The molecule has 1 N–H and O–H groups in total. The van der Waals surface area contributed by atoms with Crippen molar-refractivity contribution in [3.63, 3.8) is 0 Å². The molecule has 0 unspecified atom stereocenters. The quantitative estimate of drug-likeness (QED) is 0.663. The molecule has 0 spiro atoms. The number of alkyl halides is 1. The number of carbonyl (C=O) groups is 2. The van der Waals surface area contributed by atoms with Crippen LogP contribution >= 0.6 is 11.6 Å². The highest BCUT2D eigenvalue weighted by Crippen LogP contribution is 2.09. The van der Waals surface area contributed by atoms with E-state index in [0.717, 1.165) is 0 Å². The van der Waals surface area contributed by atoms with E-state index in [4.69, 9.17) is 16.3 Å². The average molecular weight is 318 g/mol. The predicted molar refractivity (Wildman–Crippen MR) is 77.4 cm³/mol. The van der Waals surface area contributed by atoms with Crippen molar-refractivity contribution in [2.24, 2.45) is 0 Å². The standard InChI is InChI=1S/C13H20ClN3O4/c1-13(2,3)21-12(19)15-5-6-17-9(8-14)7-10(16-17)11(18)20-4/h7H,5-6,8H2,1-4H3,(H,15,19). The van der Waals surface area contributed by atoms with Crippen molar-refractivity contribution in [3.8, 4) is 0 Å². The number of aromatic nitrogens is 2. The second-order valence-corrected chi connectivity index (χ2v) is 5.57. The summed E-state index contributed by atoms with van der Waals surface area (Å²) in [5.41, 5.74) is 0.309. The minimum atomic E-state index is -0.546. The van der Waals surface area contributed by atoms with Gasteiger partial charge in [0.25, 0.3) is 0 Å². The van der Waals surface area contributed by atoms with Crippen LogP contribution in [0.5, 0.6) is 0 Å². The summed E-state index contributed by atoms with van der Waals surface area (Å²) >= 11 is 5.80. The monoisotopic (exact) mass is 317 g/mol. The molecule has 1 aromatic heterocycles. The number of amides is 1. The molecule has 0 aliphatic rings. The Bertz CT molecular complexity index is 508. The van der Waals surface area contributed by atoms with E-state index in [-0.39, 0.29) is 11.6 Å². The maximum Gasteiger partial charge on any atom is 0.407 e. The SMILES string of the molecule is COC(=O)c1cc(CCl)n(CCNC(=O)OC(C)(C)C)n1. The molecule has 0 radical (unpaired) electrons. The molecule has 0 fully saturated rings. The van der Waals surface area contributed by atoms with Gasteiger partial charge in [-0.2, -0.15) is 5.10 Å². The lowest BCUT2D eigenvalue weighted by Gasteiger charge is -2.19. The molecule has 0 aliphatic heterocycles. The number of esters is 1. The van der Waals surface area contributed by atoms with Gasteiger partial charge >= 0.3 is 12.1 Å². The maximum atomic E-state index is 11.5. The smallest absolute Gasteiger partial charge is 0.407 e. The molecule has 1 heterocycles. The summed E-state index contributed by atoms with van der Waals surface area (Å²) < 4.78 is 11.3. The van der Waals surface area contributed by atoms with Gasteiger partial charge in [0.05, 0.1) is 25.2 Å². The number of alkyl carbamates (subject to hydrolysis) is 1. The van der Waals surface area contributed by atoms with Gasteiger partial charge in [0, 0.05) is 6.54 Å². The van der Waals surface area contributed by atoms with Crippen molar-refractivity contribution in [1.29, 1.82) is 0 Å². The number of halogens is 1. The van der Waals surface area contributed by atoms with Gasteiger partial charge in [-0.25, -0.2) is 9.59 Å². The number of carbonyl (C=O) groups excluding carboxylic acids is 2. The fourth-order valence-corrected chi connectivity index (χ4v) is 1.75. The number of methoxy groups -OCH3 is 1. The maximum absolute atomic E-state index is 11.5. The van der Waals surface area contributed by atoms with E-state index in [1.165, 1.54) is 7.11 Å². The molecule has 0 aromatic carbocycles. The molecule has 0 bridgehead atoms. The highest BCUT2D eigenvalue weighted by Gasteiger charge is 2.17. The van der Waals surface area contributed by atoms with Crippen LogP contribution in [0.25, 0.3) is 0 Å². The van der Waals surface area contributed by atoms with Crippen LogP contribution in [0, 0.1) is 0 Å². The van der Waals surface area contributed by atoms with Crippen molar-refractivity contribution in [1.82, 2.24) is 15.1 Å². The summed E-state index contributed by atoms with van der Waals surface area (Å²) in [5, 5.41) is 6.70. The zero-order valence-corrected chi connectivity index (χ0v) is 13.4. The zero-order chi connectivity index (χ0) is 16.0. The van der Waals surface area contributed by atoms with Crippen molar-refractivity contribution in [2.75, 3.05) is 13.7 Å². The van der Waals surface area contributed by atoms with E-state index in [1.54, 1.807) is 31.5 Å². The number of hydrogen-bond donors (Lipinski definition) is 1. The Hall–Kier alpha value is -1.76. The van der Waals surface area contributed by atoms with Crippen LogP contribution in [0.15, 0.2) is 6.07 Å². The minimum absolute atomic E-state index is 0.186. The highest BCUT2D eigenvalue weighted by molar-refractivity contribution is 6.17. The topological polar surface area (TPSA) is 82.5 Å². The normalized spacial score (nSPS) is 11.1. The fourth-order valence-electron chi connectivity index (χ4n) is 1.54. The summed E-state index contributed by atoms with van der Waals surface area (Å²) in [6.07, 6.45) is -0.504. The van der Waals surface area contributed by atoms with Crippen LogP contribution < -0.4 is 5.32 Å². The summed E-state index contributed by atoms with van der Waals surface area (Å²) in [4.78, 5) is 22.9. The Labute approximate surface area is 128 Å². The van der Waals surface area contributed by atoms with Gasteiger partial charge in [-0.05, 0) is 26.8 Å². The van der Waals surface area contributed by atoms with Crippen molar-refractivity contribution in [3.05, 3.63) is 17.5 Å². The predicted octanol–water partition coefficient (Wildman–Crippen LogP) is 1.93. The summed E-state index contributed by atoms with van der Waals surface area (Å²) in [5.74, 6) is -0.323. The first-order valence-corrected chi connectivity index (χ1v) is 6.98. The lowest BCUT2D eigenvalue weighted by molar-refractivity contribution is 0.0522. The fraction of sp³-hybridized carbons (Fsp3) is 0.615. The van der Waals surface area contributed by atoms with Crippen LogP contribution in [0.3, 0.4) is 0 Å². The first-order chi connectivity index (χ1) is 9.76. The Morgan fingerprint density at radius 2 is 2.10 bits per heavy atom. The van der Waals surface area contributed by atoms with Gasteiger partial charge in [0.2, 0.25) is 0 Å². The first-order valence-electron chi connectivity index (χ1n) is 6.44. The first kappa shape index (κ1) is 17.3. The minimum Gasteiger partial charge on any atom is -0.464 e. The molecule has 8 heteroatoms. The average Bonchev–Trinajstić information content (AvgIpc) is 2.79. The Balaban J connectivity index is 2.57. The number of ether oxygens (including phenoxy) is 2. The molecule has 118 valence electrons. The van der Waals surface area contributed by atoms with Crippen LogP contribution in [-0.4, -0.2) is 41.1 Å². The number of hydrogen-bond acceptors (Lipinski definition) is 5. The molecular formula is C13H20ClN3O4. The molecule has 21 heavy (non-hydrogen) atoms. The molecule has 0 saturated carbocycles. The van der Waals surface area contributed by atoms with Crippen LogP contribution in [0.1, 0.15) is 37.0 Å². The van der Waals surface area contributed by atoms with E-state index >= 15 is 0 Å². The number of nitrogens with one attached hydrogen (secondary N) is 1. The lowest BCUT2D eigenvalue weighted by Crippen LogP contribution is -2.34. The summed E-state index contributed by atoms with van der Waals surface area (Å²) in [7, 11) is 1.28. The van der Waals surface area contributed by atoms with Crippen molar-refractivity contribution >= 4 is 23.7 Å². The van der Waals surface area contributed by atoms with E-state index < -0.39 is 17.7 Å². The lowest BCUT2D eigenvalue weighted by atomic mass is 10.2. The molecule has 0 saturated heterocycles. The second-order valence-electron chi connectivity index (χ2n) is 5.30. The van der Waals surface area contributed by atoms with Crippen molar-refractivity contribution < 1.29 is 19.1 Å². The van der Waals surface area contributed by atoms with Crippen LogP contribution in [0.2, 0.25) is 0 Å². The van der Waals surface area contributed by atoms with E-state index in [9.17, 15) is 9.59 Å². The number of rotatable bonds is 5. The Morgan fingerprint density at radius 1 is 1.43 bits per heavy atom. The molecule has 7 nitrogen and oxygen atoms in total. The van der Waals surface area contributed by atoms with Gasteiger partial charge in [-0.3, -0.25) is 4.68 Å². The van der Waals surface area contributed by atoms with Gasteiger partial charge in [0.1, 0.15) is 5.60 Å². The molecule has 1 amide bonds. The molecule has 0 atom stereocenters. The molecule has 0 aliphatic carbocycles. The van der Waals surface area contributed by atoms with E-state index in [0.29, 0.717) is 18.8 Å². The number of nitrogens with zero attached hydrogens (tertiary/aromatic N) is 2. The molecule has 1 rings (SSSR count). The molecular weight excluding hydrogens is 298 g/mol. The largest absolute Gasteiger partial charge is 0.464 e. The Morgan fingerprint density at radius 3 is 2.62 bits per heavy atom. The van der Waals surface area contributed by atoms with Crippen molar-refractivity contribution in [2.45, 2.75) is 38.8 Å². The van der Waals surface area contributed by atoms with Gasteiger partial charge in [-0.1, -0.05) is 0 Å². The summed E-state index contributed by atoms with van der Waals surface area (Å²) in [6, 6.07) is 1.56. The van der Waals surface area contributed by atoms with Gasteiger partial charge in [-0.15, -0.1) is 11.6 Å². The van der Waals surface area contributed by atoms with Gasteiger partial charge < -0.3 is 14.8 Å². The molecule has 1 aromatic rings. The van der Waals surface area contributed by atoms with E-state index in [2.05, 4.69) is 15.2 Å².